The zero-order chi connectivity index (χ0) is 14.8. The van der Waals surface area contributed by atoms with E-state index < -0.39 is 10.0 Å². The van der Waals surface area contributed by atoms with Gasteiger partial charge in [0.1, 0.15) is 0 Å². The van der Waals surface area contributed by atoms with E-state index in [1.165, 1.54) is 0 Å². The molecule has 0 aliphatic rings. The Bertz CT molecular complexity index is 702. The van der Waals surface area contributed by atoms with Crippen LogP contribution in [0, 0.1) is 6.92 Å². The average Bonchev–Trinajstić information content (AvgIpc) is 2.42. The number of benzene rings is 1. The molecular weight excluding hydrogens is 340 g/mol. The standard InChI is InChI=1S/C14H15BrN2O2S/c1-10-6-7-12(15)9-14(10)20(18,19)17-11(2)13-5-3-4-8-16-13/h3-9,11,17H,1-2H3/t11-/m0/s1. The summed E-state index contributed by atoms with van der Waals surface area (Å²) in [6.45, 7) is 3.54. The summed E-state index contributed by atoms with van der Waals surface area (Å²) in [5, 5.41) is 0. The molecule has 106 valence electrons. The first-order valence-corrected chi connectivity index (χ1v) is 8.37. The van der Waals surface area contributed by atoms with Crippen molar-refractivity contribution in [3.63, 3.8) is 0 Å². The van der Waals surface area contributed by atoms with Crippen molar-refractivity contribution in [2.24, 2.45) is 0 Å². The molecule has 20 heavy (non-hydrogen) atoms. The summed E-state index contributed by atoms with van der Waals surface area (Å²) in [5.41, 5.74) is 1.39. The van der Waals surface area contributed by atoms with Crippen LogP contribution in [0.3, 0.4) is 0 Å². The molecule has 1 heterocycles. The predicted molar refractivity (Wildman–Crippen MR) is 81.9 cm³/mol. The number of hydrogen-bond acceptors (Lipinski definition) is 3. The van der Waals surface area contributed by atoms with Gasteiger partial charge in [0.15, 0.2) is 0 Å². The third kappa shape index (κ3) is 3.45. The molecule has 1 N–H and O–H groups in total. The second-order valence-electron chi connectivity index (χ2n) is 4.51. The third-order valence-electron chi connectivity index (χ3n) is 2.90. The third-order valence-corrected chi connectivity index (χ3v) is 5.08. The molecule has 1 aromatic carbocycles. The van der Waals surface area contributed by atoms with Crippen molar-refractivity contribution in [1.82, 2.24) is 9.71 Å². The predicted octanol–water partition coefficient (Wildman–Crippen LogP) is 3.19. The van der Waals surface area contributed by atoms with Crippen molar-refractivity contribution in [2.45, 2.75) is 24.8 Å². The Kier molecular flexibility index (Phi) is 4.57. The first-order valence-electron chi connectivity index (χ1n) is 6.09. The van der Waals surface area contributed by atoms with Crippen molar-refractivity contribution in [2.75, 3.05) is 0 Å². The first kappa shape index (κ1) is 15.2. The van der Waals surface area contributed by atoms with Gasteiger partial charge >= 0.3 is 0 Å². The van der Waals surface area contributed by atoms with E-state index in [0.29, 0.717) is 11.3 Å². The second kappa shape index (κ2) is 6.03. The summed E-state index contributed by atoms with van der Waals surface area (Å²) in [6, 6.07) is 10.2. The highest BCUT2D eigenvalue weighted by atomic mass is 79.9. The van der Waals surface area contributed by atoms with Gasteiger partial charge in [0.25, 0.3) is 0 Å². The van der Waals surface area contributed by atoms with Crippen molar-refractivity contribution >= 4 is 26.0 Å². The molecule has 1 atom stereocenters. The lowest BCUT2D eigenvalue weighted by Crippen LogP contribution is -2.28. The number of pyridine rings is 1. The minimum atomic E-state index is -3.58. The first-order chi connectivity index (χ1) is 9.40. The van der Waals surface area contributed by atoms with Crippen LogP contribution < -0.4 is 4.72 Å². The van der Waals surface area contributed by atoms with E-state index in [4.69, 9.17) is 0 Å². The van der Waals surface area contributed by atoms with Crippen LogP contribution in [0.2, 0.25) is 0 Å². The quantitative estimate of drug-likeness (QED) is 0.916. The van der Waals surface area contributed by atoms with Crippen molar-refractivity contribution < 1.29 is 8.42 Å². The average molecular weight is 355 g/mol. The zero-order valence-corrected chi connectivity index (χ0v) is 13.6. The van der Waals surface area contributed by atoms with E-state index >= 15 is 0 Å². The number of nitrogens with zero attached hydrogens (tertiary/aromatic N) is 1. The molecule has 4 nitrogen and oxygen atoms in total. The molecule has 0 radical (unpaired) electrons. The molecule has 0 aliphatic heterocycles. The van der Waals surface area contributed by atoms with Crippen molar-refractivity contribution in [1.29, 1.82) is 0 Å². The molecule has 0 fully saturated rings. The van der Waals surface area contributed by atoms with Crippen LogP contribution in [0.1, 0.15) is 24.2 Å². The highest BCUT2D eigenvalue weighted by Crippen LogP contribution is 2.22. The van der Waals surface area contributed by atoms with E-state index in [2.05, 4.69) is 25.6 Å². The van der Waals surface area contributed by atoms with Gasteiger partial charge in [0, 0.05) is 10.7 Å². The van der Waals surface area contributed by atoms with Crippen LogP contribution in [0.25, 0.3) is 0 Å². The SMILES string of the molecule is Cc1ccc(Br)cc1S(=O)(=O)N[C@@H](C)c1ccccn1. The topological polar surface area (TPSA) is 59.1 Å². The molecule has 2 rings (SSSR count). The van der Waals surface area contributed by atoms with E-state index in [1.54, 1.807) is 44.3 Å². The van der Waals surface area contributed by atoms with Crippen LogP contribution in [0.5, 0.6) is 0 Å². The molecule has 2 aromatic rings. The Morgan fingerprint density at radius 2 is 2.00 bits per heavy atom. The van der Waals surface area contributed by atoms with Gasteiger partial charge in [-0.3, -0.25) is 4.98 Å². The maximum Gasteiger partial charge on any atom is 0.241 e. The Hall–Kier alpha value is -1.24. The molecule has 0 aliphatic carbocycles. The van der Waals surface area contributed by atoms with Crippen LogP contribution in [0.15, 0.2) is 52.0 Å². The summed E-state index contributed by atoms with van der Waals surface area (Å²) >= 11 is 3.30. The Morgan fingerprint density at radius 3 is 2.65 bits per heavy atom. The van der Waals surface area contributed by atoms with E-state index in [-0.39, 0.29) is 10.9 Å². The number of nitrogens with one attached hydrogen (secondary N) is 1. The molecule has 6 heteroatoms. The lowest BCUT2D eigenvalue weighted by molar-refractivity contribution is 0.563. The van der Waals surface area contributed by atoms with Gasteiger partial charge in [-0.1, -0.05) is 28.1 Å². The van der Waals surface area contributed by atoms with Crippen LogP contribution in [0.4, 0.5) is 0 Å². The number of hydrogen-bond donors (Lipinski definition) is 1. The lowest BCUT2D eigenvalue weighted by atomic mass is 10.2. The summed E-state index contributed by atoms with van der Waals surface area (Å²) in [7, 11) is -3.58. The van der Waals surface area contributed by atoms with Crippen LogP contribution >= 0.6 is 15.9 Å². The molecule has 0 saturated heterocycles. The summed E-state index contributed by atoms with van der Waals surface area (Å²) in [6.07, 6.45) is 1.64. The number of aromatic nitrogens is 1. The zero-order valence-electron chi connectivity index (χ0n) is 11.2. The fraction of sp³-hybridized carbons (Fsp3) is 0.214. The number of halogens is 1. The molecule has 0 saturated carbocycles. The maximum atomic E-state index is 12.4. The number of sulfonamides is 1. The Labute approximate surface area is 127 Å². The minimum Gasteiger partial charge on any atom is -0.260 e. The number of rotatable bonds is 4. The maximum absolute atomic E-state index is 12.4. The van der Waals surface area contributed by atoms with E-state index in [1.807, 2.05) is 12.1 Å². The molecule has 1 aromatic heterocycles. The smallest absolute Gasteiger partial charge is 0.241 e. The van der Waals surface area contributed by atoms with Crippen LogP contribution in [-0.2, 0) is 10.0 Å². The summed E-state index contributed by atoms with van der Waals surface area (Å²) < 4.78 is 28.2. The normalized spacial score (nSPS) is 13.2. The van der Waals surface area contributed by atoms with E-state index in [9.17, 15) is 8.42 Å². The Balaban J connectivity index is 2.30. The van der Waals surface area contributed by atoms with E-state index in [0.717, 1.165) is 4.47 Å². The minimum absolute atomic E-state index is 0.273. The van der Waals surface area contributed by atoms with Crippen molar-refractivity contribution in [3.8, 4) is 0 Å². The largest absolute Gasteiger partial charge is 0.260 e. The summed E-state index contributed by atoms with van der Waals surface area (Å²) in [4.78, 5) is 4.43. The molecule has 0 bridgehead atoms. The van der Waals surface area contributed by atoms with Gasteiger partial charge in [-0.2, -0.15) is 0 Å². The van der Waals surface area contributed by atoms with Crippen LogP contribution in [-0.4, -0.2) is 13.4 Å². The number of aryl methyl sites for hydroxylation is 1. The Morgan fingerprint density at radius 1 is 1.25 bits per heavy atom. The van der Waals surface area contributed by atoms with Gasteiger partial charge in [0.2, 0.25) is 10.0 Å². The van der Waals surface area contributed by atoms with Gasteiger partial charge in [0.05, 0.1) is 16.6 Å². The molecule has 0 spiro atoms. The van der Waals surface area contributed by atoms with Gasteiger partial charge in [-0.05, 0) is 43.7 Å². The summed E-state index contributed by atoms with van der Waals surface area (Å²) in [5.74, 6) is 0. The van der Waals surface area contributed by atoms with Gasteiger partial charge in [-0.25, -0.2) is 13.1 Å². The van der Waals surface area contributed by atoms with Gasteiger partial charge < -0.3 is 0 Å². The highest BCUT2D eigenvalue weighted by molar-refractivity contribution is 9.10. The molecule has 0 unspecified atom stereocenters. The fourth-order valence-corrected chi connectivity index (χ4v) is 3.85. The van der Waals surface area contributed by atoms with Gasteiger partial charge in [-0.15, -0.1) is 0 Å². The second-order valence-corrected chi connectivity index (χ2v) is 7.11. The molecule has 0 amide bonds. The molecular formula is C14H15BrN2O2S. The highest BCUT2D eigenvalue weighted by Gasteiger charge is 2.21. The monoisotopic (exact) mass is 354 g/mol. The van der Waals surface area contributed by atoms with Crippen molar-refractivity contribution in [3.05, 3.63) is 58.3 Å². The lowest BCUT2D eigenvalue weighted by Gasteiger charge is -2.15. The fourth-order valence-electron chi connectivity index (χ4n) is 1.85.